The molecule has 2 aromatic heterocycles. The van der Waals surface area contributed by atoms with E-state index in [2.05, 4.69) is 68.4 Å². The normalized spacial score (nSPS) is 10.8. The number of hydrogen-bond acceptors (Lipinski definition) is 5. The maximum absolute atomic E-state index is 12.5. The van der Waals surface area contributed by atoms with E-state index in [1.807, 2.05) is 54.6 Å². The topological polar surface area (TPSA) is 72.7 Å². The van der Waals surface area contributed by atoms with Gasteiger partial charge in [-0.15, -0.1) is 10.2 Å². The van der Waals surface area contributed by atoms with Crippen LogP contribution in [0.2, 0.25) is 0 Å². The number of thioether (sulfide) groups is 1. The molecule has 7 heteroatoms. The molecule has 5 rings (SSSR count). The molecule has 3 aromatic carbocycles. The van der Waals surface area contributed by atoms with Crippen molar-refractivity contribution in [1.82, 2.24) is 25.1 Å². The largest absolute Gasteiger partial charge is 0.348 e. The van der Waals surface area contributed by atoms with E-state index in [1.165, 1.54) is 11.1 Å². The fourth-order valence-corrected chi connectivity index (χ4v) is 4.85. The SMILES string of the molecule is Cc1ccc(-n2c(Cc3ccccc3)nnc2SCc2ccc(C(=O)NCc3ccncc3)cc2)cc1. The Bertz CT molecular complexity index is 1450. The lowest BCUT2D eigenvalue weighted by Crippen LogP contribution is -2.22. The van der Waals surface area contributed by atoms with Crippen LogP contribution in [0.5, 0.6) is 0 Å². The molecule has 0 aliphatic heterocycles. The lowest BCUT2D eigenvalue weighted by atomic mass is 10.1. The zero-order valence-electron chi connectivity index (χ0n) is 20.5. The van der Waals surface area contributed by atoms with Crippen molar-refractivity contribution in [3.63, 3.8) is 0 Å². The molecule has 0 atom stereocenters. The summed E-state index contributed by atoms with van der Waals surface area (Å²) < 4.78 is 2.14. The highest BCUT2D eigenvalue weighted by Crippen LogP contribution is 2.27. The number of nitrogens with zero attached hydrogens (tertiary/aromatic N) is 4. The summed E-state index contributed by atoms with van der Waals surface area (Å²) in [6, 6.07) is 30.2. The van der Waals surface area contributed by atoms with E-state index in [4.69, 9.17) is 0 Å². The first-order chi connectivity index (χ1) is 18.2. The zero-order valence-corrected chi connectivity index (χ0v) is 21.4. The van der Waals surface area contributed by atoms with Crippen molar-refractivity contribution in [3.05, 3.63) is 137 Å². The molecule has 0 aliphatic rings. The van der Waals surface area contributed by atoms with E-state index in [0.29, 0.717) is 24.3 Å². The van der Waals surface area contributed by atoms with Crippen LogP contribution >= 0.6 is 11.8 Å². The summed E-state index contributed by atoms with van der Waals surface area (Å²) in [6.07, 6.45) is 4.14. The first kappa shape index (κ1) is 24.5. The third kappa shape index (κ3) is 6.32. The molecule has 5 aromatic rings. The number of pyridine rings is 1. The first-order valence-electron chi connectivity index (χ1n) is 12.1. The quantitative estimate of drug-likeness (QED) is 0.257. The summed E-state index contributed by atoms with van der Waals surface area (Å²) in [4.78, 5) is 16.5. The van der Waals surface area contributed by atoms with Gasteiger partial charge in [0.15, 0.2) is 5.16 Å². The molecule has 184 valence electrons. The predicted octanol–water partition coefficient (Wildman–Crippen LogP) is 5.78. The van der Waals surface area contributed by atoms with Gasteiger partial charge in [0.25, 0.3) is 5.91 Å². The molecule has 6 nitrogen and oxygen atoms in total. The lowest BCUT2D eigenvalue weighted by Gasteiger charge is -2.11. The van der Waals surface area contributed by atoms with Gasteiger partial charge in [-0.1, -0.05) is 71.9 Å². The smallest absolute Gasteiger partial charge is 0.251 e. The minimum atomic E-state index is -0.0966. The number of aromatic nitrogens is 4. The molecule has 2 heterocycles. The number of rotatable bonds is 9. The highest BCUT2D eigenvalue weighted by atomic mass is 32.2. The van der Waals surface area contributed by atoms with Crippen LogP contribution in [-0.4, -0.2) is 25.7 Å². The van der Waals surface area contributed by atoms with Gasteiger partial charge in [-0.2, -0.15) is 0 Å². The van der Waals surface area contributed by atoms with E-state index in [-0.39, 0.29) is 5.91 Å². The van der Waals surface area contributed by atoms with Gasteiger partial charge in [0, 0.05) is 42.4 Å². The Labute approximate surface area is 220 Å². The van der Waals surface area contributed by atoms with Crippen molar-refractivity contribution in [1.29, 1.82) is 0 Å². The number of amides is 1. The van der Waals surface area contributed by atoms with E-state index < -0.39 is 0 Å². The van der Waals surface area contributed by atoms with Gasteiger partial charge in [0.1, 0.15) is 5.82 Å². The molecule has 0 unspecified atom stereocenters. The monoisotopic (exact) mass is 505 g/mol. The van der Waals surface area contributed by atoms with Gasteiger partial charge >= 0.3 is 0 Å². The third-order valence-electron chi connectivity index (χ3n) is 5.98. The molecule has 1 amide bonds. The van der Waals surface area contributed by atoms with Crippen molar-refractivity contribution in [2.75, 3.05) is 0 Å². The Hall–Kier alpha value is -4.23. The van der Waals surface area contributed by atoms with Crippen LogP contribution in [0, 0.1) is 6.92 Å². The first-order valence-corrected chi connectivity index (χ1v) is 13.1. The van der Waals surface area contributed by atoms with Gasteiger partial charge < -0.3 is 5.32 Å². The van der Waals surface area contributed by atoms with Crippen LogP contribution in [0.3, 0.4) is 0 Å². The second kappa shape index (κ2) is 11.7. The molecule has 0 fully saturated rings. The molecule has 0 aliphatic carbocycles. The van der Waals surface area contributed by atoms with Gasteiger partial charge in [-0.05, 0) is 60.0 Å². The van der Waals surface area contributed by atoms with Crippen LogP contribution in [-0.2, 0) is 18.7 Å². The second-order valence-electron chi connectivity index (χ2n) is 8.76. The Morgan fingerprint density at radius 1 is 0.811 bits per heavy atom. The van der Waals surface area contributed by atoms with Crippen molar-refractivity contribution >= 4 is 17.7 Å². The molecule has 0 bridgehead atoms. The summed E-state index contributed by atoms with van der Waals surface area (Å²) in [6.45, 7) is 2.55. The van der Waals surface area contributed by atoms with E-state index in [9.17, 15) is 4.79 Å². The summed E-state index contributed by atoms with van der Waals surface area (Å²) in [5.41, 5.74) is 6.21. The minimum absolute atomic E-state index is 0.0966. The van der Waals surface area contributed by atoms with E-state index in [1.54, 1.807) is 24.2 Å². The molecule has 0 spiro atoms. The number of carbonyl (C=O) groups excluding carboxylic acids is 1. The molecule has 0 saturated carbocycles. The highest BCUT2D eigenvalue weighted by Gasteiger charge is 2.15. The molecule has 37 heavy (non-hydrogen) atoms. The van der Waals surface area contributed by atoms with Crippen LogP contribution in [0.25, 0.3) is 5.69 Å². The number of aryl methyl sites for hydroxylation is 1. The Kier molecular flexibility index (Phi) is 7.72. The molecule has 0 saturated heterocycles. The lowest BCUT2D eigenvalue weighted by molar-refractivity contribution is 0.0951. The van der Waals surface area contributed by atoms with Crippen LogP contribution in [0.1, 0.15) is 38.4 Å². The summed E-state index contributed by atoms with van der Waals surface area (Å²) in [5.74, 6) is 1.52. The van der Waals surface area contributed by atoms with Crippen LogP contribution in [0.4, 0.5) is 0 Å². The van der Waals surface area contributed by atoms with Crippen LogP contribution in [0.15, 0.2) is 109 Å². The Balaban J connectivity index is 1.28. The maximum Gasteiger partial charge on any atom is 0.251 e. The van der Waals surface area contributed by atoms with Crippen LogP contribution < -0.4 is 5.32 Å². The summed E-state index contributed by atoms with van der Waals surface area (Å²) >= 11 is 1.64. The van der Waals surface area contributed by atoms with Gasteiger partial charge in [-0.25, -0.2) is 0 Å². The molecule has 1 N–H and O–H groups in total. The number of hydrogen-bond donors (Lipinski definition) is 1. The van der Waals surface area contributed by atoms with Gasteiger partial charge in [0.2, 0.25) is 0 Å². The average Bonchev–Trinajstić information content (AvgIpc) is 3.34. The number of benzene rings is 3. The Morgan fingerprint density at radius 3 is 2.27 bits per heavy atom. The fourth-order valence-electron chi connectivity index (χ4n) is 3.93. The third-order valence-corrected chi connectivity index (χ3v) is 6.98. The maximum atomic E-state index is 12.5. The number of carbonyl (C=O) groups is 1. The van der Waals surface area contributed by atoms with Crippen molar-refractivity contribution < 1.29 is 4.79 Å². The standard InChI is InChI=1S/C30H27N5OS/c1-22-7-13-27(14-8-22)35-28(19-23-5-3-2-4-6-23)33-34-30(35)37-21-25-9-11-26(12-10-25)29(36)32-20-24-15-17-31-18-16-24/h2-18H,19-21H2,1H3,(H,32,36). The minimum Gasteiger partial charge on any atom is -0.348 e. The highest BCUT2D eigenvalue weighted by molar-refractivity contribution is 7.98. The number of nitrogens with one attached hydrogen (secondary N) is 1. The predicted molar refractivity (Wildman–Crippen MR) is 147 cm³/mol. The molecular formula is C30H27N5OS. The molecule has 0 radical (unpaired) electrons. The van der Waals surface area contributed by atoms with Crippen molar-refractivity contribution in [2.45, 2.75) is 30.8 Å². The zero-order chi connectivity index (χ0) is 25.5. The second-order valence-corrected chi connectivity index (χ2v) is 9.70. The summed E-state index contributed by atoms with van der Waals surface area (Å²) in [5, 5.41) is 12.9. The van der Waals surface area contributed by atoms with E-state index >= 15 is 0 Å². The fraction of sp³-hybridized carbons (Fsp3) is 0.133. The molecular weight excluding hydrogens is 478 g/mol. The average molecular weight is 506 g/mol. The Morgan fingerprint density at radius 2 is 1.54 bits per heavy atom. The van der Waals surface area contributed by atoms with Crippen molar-refractivity contribution in [2.24, 2.45) is 0 Å². The van der Waals surface area contributed by atoms with Gasteiger partial charge in [-0.3, -0.25) is 14.3 Å². The van der Waals surface area contributed by atoms with E-state index in [0.717, 1.165) is 27.8 Å². The summed E-state index contributed by atoms with van der Waals surface area (Å²) in [7, 11) is 0. The van der Waals surface area contributed by atoms with Gasteiger partial charge in [0.05, 0.1) is 0 Å². The van der Waals surface area contributed by atoms with Crippen molar-refractivity contribution in [3.8, 4) is 5.69 Å².